The molecule has 1 aliphatic heterocycles. The lowest BCUT2D eigenvalue weighted by molar-refractivity contribution is -0.133. The van der Waals surface area contributed by atoms with Gasteiger partial charge >= 0.3 is 0 Å². The first-order valence-corrected chi connectivity index (χ1v) is 8.58. The third kappa shape index (κ3) is 4.84. The Hall–Kier alpha value is -2.37. The summed E-state index contributed by atoms with van der Waals surface area (Å²) in [6, 6.07) is 18.6. The van der Waals surface area contributed by atoms with E-state index in [4.69, 9.17) is 5.73 Å². The van der Waals surface area contributed by atoms with Crippen LogP contribution in [0.4, 0.5) is 0 Å². The summed E-state index contributed by atoms with van der Waals surface area (Å²) in [5, 5.41) is 0. The van der Waals surface area contributed by atoms with Gasteiger partial charge in [-0.25, -0.2) is 0 Å². The summed E-state index contributed by atoms with van der Waals surface area (Å²) in [5.41, 5.74) is 7.80. The van der Waals surface area contributed by atoms with Gasteiger partial charge in [0.15, 0.2) is 0 Å². The molecule has 3 rings (SSSR count). The molecule has 138 valence electrons. The number of piperazine rings is 1. The van der Waals surface area contributed by atoms with Crippen LogP contribution in [0.2, 0.25) is 0 Å². The molecule has 0 spiro atoms. The maximum atomic E-state index is 12.5. The second kappa shape index (κ2) is 9.36. The van der Waals surface area contributed by atoms with Crippen LogP contribution in [0.15, 0.2) is 60.7 Å². The summed E-state index contributed by atoms with van der Waals surface area (Å²) in [6.07, 6.45) is 0.288. The highest BCUT2D eigenvalue weighted by Gasteiger charge is 2.25. The van der Waals surface area contributed by atoms with Gasteiger partial charge < -0.3 is 15.5 Å². The van der Waals surface area contributed by atoms with Gasteiger partial charge in [0.2, 0.25) is 5.91 Å². The van der Waals surface area contributed by atoms with Crippen molar-refractivity contribution < 1.29 is 9.59 Å². The number of rotatable bonds is 4. The molecule has 5 nitrogen and oxygen atoms in total. The summed E-state index contributed by atoms with van der Waals surface area (Å²) in [6.45, 7) is 2.22. The van der Waals surface area contributed by atoms with Gasteiger partial charge in [0.25, 0.3) is 5.91 Å². The number of carbonyl (C=O) groups excluding carboxylic acids is 2. The normalized spacial score (nSPS) is 15.1. The average molecular weight is 374 g/mol. The van der Waals surface area contributed by atoms with Gasteiger partial charge in [0.05, 0.1) is 0 Å². The van der Waals surface area contributed by atoms with Gasteiger partial charge in [-0.2, -0.15) is 0 Å². The quantitative estimate of drug-likeness (QED) is 0.895. The zero-order valence-corrected chi connectivity index (χ0v) is 15.4. The minimum Gasteiger partial charge on any atom is -0.339 e. The fourth-order valence-electron chi connectivity index (χ4n) is 3.06. The number of hydrogen-bond acceptors (Lipinski definition) is 3. The van der Waals surface area contributed by atoms with Crippen molar-refractivity contribution >= 4 is 24.2 Å². The van der Waals surface area contributed by atoms with E-state index in [9.17, 15) is 9.59 Å². The van der Waals surface area contributed by atoms with E-state index in [2.05, 4.69) is 0 Å². The predicted molar refractivity (Wildman–Crippen MR) is 104 cm³/mol. The second-order valence-electron chi connectivity index (χ2n) is 6.26. The van der Waals surface area contributed by atoms with Crippen LogP contribution in [0.3, 0.4) is 0 Å². The van der Waals surface area contributed by atoms with Crippen LogP contribution in [-0.2, 0) is 4.79 Å². The third-order valence-electron chi connectivity index (χ3n) is 4.56. The monoisotopic (exact) mass is 373 g/mol. The van der Waals surface area contributed by atoms with Crippen LogP contribution in [0.25, 0.3) is 0 Å². The highest BCUT2D eigenvalue weighted by Crippen LogP contribution is 2.16. The SMILES string of the molecule is Cl.NC(CC(=O)N1CCN(C(=O)c2ccccc2)CC1)c1ccccc1. The van der Waals surface area contributed by atoms with Gasteiger partial charge in [-0.15, -0.1) is 12.4 Å². The van der Waals surface area contributed by atoms with Crippen molar-refractivity contribution in [2.75, 3.05) is 26.2 Å². The van der Waals surface area contributed by atoms with Crippen LogP contribution >= 0.6 is 12.4 Å². The Morgan fingerprint density at radius 1 is 0.846 bits per heavy atom. The molecule has 0 bridgehead atoms. The Balaban J connectivity index is 0.00000243. The molecule has 0 aromatic heterocycles. The largest absolute Gasteiger partial charge is 0.339 e. The van der Waals surface area contributed by atoms with Crippen LogP contribution in [0.5, 0.6) is 0 Å². The number of halogens is 1. The van der Waals surface area contributed by atoms with Crippen LogP contribution in [0.1, 0.15) is 28.4 Å². The minimum atomic E-state index is -0.294. The molecule has 1 fully saturated rings. The average Bonchev–Trinajstić information content (AvgIpc) is 2.69. The minimum absolute atomic E-state index is 0. The Labute approximate surface area is 160 Å². The maximum absolute atomic E-state index is 12.5. The number of amides is 2. The van der Waals surface area contributed by atoms with Crippen molar-refractivity contribution in [2.24, 2.45) is 5.73 Å². The van der Waals surface area contributed by atoms with E-state index < -0.39 is 0 Å². The lowest BCUT2D eigenvalue weighted by Gasteiger charge is -2.35. The fraction of sp³-hybridized carbons (Fsp3) is 0.300. The van der Waals surface area contributed by atoms with Crippen LogP contribution < -0.4 is 5.73 Å². The van der Waals surface area contributed by atoms with E-state index in [-0.39, 0.29) is 36.7 Å². The van der Waals surface area contributed by atoms with Crippen molar-refractivity contribution in [3.63, 3.8) is 0 Å². The fourth-order valence-corrected chi connectivity index (χ4v) is 3.06. The van der Waals surface area contributed by atoms with Crippen LogP contribution in [-0.4, -0.2) is 47.8 Å². The molecule has 2 aromatic rings. The van der Waals surface area contributed by atoms with Crippen molar-refractivity contribution in [3.05, 3.63) is 71.8 Å². The summed E-state index contributed by atoms with van der Waals surface area (Å²) < 4.78 is 0. The molecule has 2 aromatic carbocycles. The molecule has 0 aliphatic carbocycles. The van der Waals surface area contributed by atoms with E-state index in [1.807, 2.05) is 60.7 Å². The lowest BCUT2D eigenvalue weighted by Crippen LogP contribution is -2.51. The summed E-state index contributed by atoms with van der Waals surface area (Å²) in [7, 11) is 0. The van der Waals surface area contributed by atoms with E-state index in [1.54, 1.807) is 9.80 Å². The molecule has 0 radical (unpaired) electrons. The molecule has 2 amide bonds. The molecule has 1 heterocycles. The predicted octanol–water partition coefficient (Wildman–Crippen LogP) is 2.48. The molecule has 2 N–H and O–H groups in total. The standard InChI is InChI=1S/C20H23N3O2.ClH/c21-18(16-7-3-1-4-8-16)15-19(24)22-11-13-23(14-12-22)20(25)17-9-5-2-6-10-17;/h1-10,18H,11-15,21H2;1H. The van der Waals surface area contributed by atoms with Gasteiger partial charge in [0.1, 0.15) is 0 Å². The summed E-state index contributed by atoms with van der Waals surface area (Å²) in [4.78, 5) is 28.5. The van der Waals surface area contributed by atoms with E-state index in [1.165, 1.54) is 0 Å². The van der Waals surface area contributed by atoms with Gasteiger partial charge in [-0.1, -0.05) is 48.5 Å². The zero-order valence-electron chi connectivity index (χ0n) is 14.6. The smallest absolute Gasteiger partial charge is 0.253 e. The lowest BCUT2D eigenvalue weighted by atomic mass is 10.0. The second-order valence-corrected chi connectivity index (χ2v) is 6.26. The Morgan fingerprint density at radius 3 is 1.92 bits per heavy atom. The third-order valence-corrected chi connectivity index (χ3v) is 4.56. The number of benzene rings is 2. The molecular formula is C20H24ClN3O2. The van der Waals surface area contributed by atoms with Crippen molar-refractivity contribution in [1.29, 1.82) is 0 Å². The first-order valence-electron chi connectivity index (χ1n) is 8.58. The highest BCUT2D eigenvalue weighted by molar-refractivity contribution is 5.94. The molecule has 1 saturated heterocycles. The van der Waals surface area contributed by atoms with Gasteiger partial charge in [-0.05, 0) is 17.7 Å². The molecule has 26 heavy (non-hydrogen) atoms. The molecule has 1 atom stereocenters. The molecule has 1 aliphatic rings. The zero-order chi connectivity index (χ0) is 17.6. The van der Waals surface area contributed by atoms with Gasteiger partial charge in [0, 0.05) is 44.2 Å². The van der Waals surface area contributed by atoms with Crippen LogP contribution in [0, 0.1) is 0 Å². The van der Waals surface area contributed by atoms with Crippen molar-refractivity contribution in [2.45, 2.75) is 12.5 Å². The number of carbonyl (C=O) groups is 2. The summed E-state index contributed by atoms with van der Waals surface area (Å²) in [5.74, 6) is 0.0665. The van der Waals surface area contributed by atoms with Gasteiger partial charge in [-0.3, -0.25) is 9.59 Å². The van der Waals surface area contributed by atoms with E-state index in [0.29, 0.717) is 31.7 Å². The van der Waals surface area contributed by atoms with Crippen molar-refractivity contribution in [3.8, 4) is 0 Å². The number of nitrogens with two attached hydrogens (primary N) is 1. The molecule has 0 saturated carbocycles. The Kier molecular flexibility index (Phi) is 7.18. The molecule has 6 heteroatoms. The summed E-state index contributed by atoms with van der Waals surface area (Å²) >= 11 is 0. The van der Waals surface area contributed by atoms with Crippen molar-refractivity contribution in [1.82, 2.24) is 9.80 Å². The highest BCUT2D eigenvalue weighted by atomic mass is 35.5. The topological polar surface area (TPSA) is 66.6 Å². The van der Waals surface area contributed by atoms with E-state index >= 15 is 0 Å². The number of hydrogen-bond donors (Lipinski definition) is 1. The maximum Gasteiger partial charge on any atom is 0.253 e. The first-order chi connectivity index (χ1) is 12.1. The Morgan fingerprint density at radius 2 is 1.35 bits per heavy atom. The number of nitrogens with zero attached hydrogens (tertiary/aromatic N) is 2. The Bertz CT molecular complexity index is 716. The van der Waals surface area contributed by atoms with E-state index in [0.717, 1.165) is 5.56 Å². The first kappa shape index (κ1) is 19.9. The molecular weight excluding hydrogens is 350 g/mol. The molecule has 1 unspecified atom stereocenters.